The maximum Gasteiger partial charge on any atom is 0.255 e. The Hall–Kier alpha value is -2.36. The number of carbonyl (C=O) groups is 1. The highest BCUT2D eigenvalue weighted by atomic mass is 19.1. The van der Waals surface area contributed by atoms with Crippen molar-refractivity contribution in [1.82, 2.24) is 0 Å². The molecule has 0 unspecified atom stereocenters. The van der Waals surface area contributed by atoms with Gasteiger partial charge in [0.2, 0.25) is 0 Å². The molecule has 2 aromatic rings. The summed E-state index contributed by atoms with van der Waals surface area (Å²) >= 11 is 0. The number of anilines is 1. The Bertz CT molecular complexity index is 579. The first kappa shape index (κ1) is 12.1. The molecule has 0 bridgehead atoms. The van der Waals surface area contributed by atoms with Crippen LogP contribution in [0.15, 0.2) is 42.5 Å². The van der Waals surface area contributed by atoms with Crippen molar-refractivity contribution in [3.63, 3.8) is 0 Å². The number of amides is 1. The van der Waals surface area contributed by atoms with Crippen LogP contribution in [0.5, 0.6) is 5.75 Å². The van der Waals surface area contributed by atoms with Gasteiger partial charge in [-0.15, -0.1) is 0 Å². The Balaban J connectivity index is 2.16. The zero-order chi connectivity index (χ0) is 13.1. The number of aromatic hydroxyl groups is 1. The van der Waals surface area contributed by atoms with E-state index in [1.54, 1.807) is 31.2 Å². The van der Waals surface area contributed by atoms with E-state index >= 15 is 0 Å². The molecule has 0 fully saturated rings. The molecule has 0 radical (unpaired) electrons. The summed E-state index contributed by atoms with van der Waals surface area (Å²) in [6.45, 7) is 1.64. The molecule has 2 rings (SSSR count). The van der Waals surface area contributed by atoms with Crippen molar-refractivity contribution in [1.29, 1.82) is 0 Å². The minimum Gasteiger partial charge on any atom is -0.508 e. The smallest absolute Gasteiger partial charge is 0.255 e. The summed E-state index contributed by atoms with van der Waals surface area (Å²) in [4.78, 5) is 11.8. The number of phenols is 1. The lowest BCUT2D eigenvalue weighted by Gasteiger charge is -2.06. The van der Waals surface area contributed by atoms with E-state index < -0.39 is 5.82 Å². The number of carbonyl (C=O) groups excluding carboxylic acids is 1. The molecule has 0 atom stereocenters. The standard InChI is InChI=1S/C14H12FNO2/c1-9-2-3-10(8-13(9)15)14(18)16-11-4-6-12(17)7-5-11/h2-8,17H,1H3,(H,16,18). The molecule has 0 heterocycles. The summed E-state index contributed by atoms with van der Waals surface area (Å²) in [6.07, 6.45) is 0. The van der Waals surface area contributed by atoms with Gasteiger partial charge in [-0.1, -0.05) is 6.07 Å². The maximum absolute atomic E-state index is 13.3. The zero-order valence-electron chi connectivity index (χ0n) is 9.77. The van der Waals surface area contributed by atoms with Gasteiger partial charge in [-0.05, 0) is 48.9 Å². The molecule has 1 amide bonds. The van der Waals surface area contributed by atoms with Crippen molar-refractivity contribution in [2.24, 2.45) is 0 Å². The number of hydrogen-bond donors (Lipinski definition) is 2. The Kier molecular flexibility index (Phi) is 3.28. The van der Waals surface area contributed by atoms with Gasteiger partial charge in [0.1, 0.15) is 11.6 Å². The van der Waals surface area contributed by atoms with E-state index in [4.69, 9.17) is 5.11 Å². The lowest BCUT2D eigenvalue weighted by Crippen LogP contribution is -2.12. The Morgan fingerprint density at radius 2 is 1.83 bits per heavy atom. The van der Waals surface area contributed by atoms with Crippen molar-refractivity contribution in [3.05, 3.63) is 59.4 Å². The highest BCUT2D eigenvalue weighted by Crippen LogP contribution is 2.15. The van der Waals surface area contributed by atoms with Gasteiger partial charge < -0.3 is 10.4 Å². The van der Waals surface area contributed by atoms with Crippen molar-refractivity contribution >= 4 is 11.6 Å². The van der Waals surface area contributed by atoms with E-state index in [-0.39, 0.29) is 17.2 Å². The first-order valence-electron chi connectivity index (χ1n) is 5.43. The molecule has 0 saturated heterocycles. The molecule has 92 valence electrons. The summed E-state index contributed by atoms with van der Waals surface area (Å²) in [6, 6.07) is 10.4. The summed E-state index contributed by atoms with van der Waals surface area (Å²) in [7, 11) is 0. The lowest BCUT2D eigenvalue weighted by atomic mass is 10.1. The quantitative estimate of drug-likeness (QED) is 0.799. The topological polar surface area (TPSA) is 49.3 Å². The predicted molar refractivity (Wildman–Crippen MR) is 67.2 cm³/mol. The molecule has 4 heteroatoms. The van der Waals surface area contributed by atoms with E-state index in [0.717, 1.165) is 0 Å². The fourth-order valence-electron chi connectivity index (χ4n) is 1.48. The molecule has 2 aromatic carbocycles. The number of nitrogens with one attached hydrogen (secondary N) is 1. The fraction of sp³-hybridized carbons (Fsp3) is 0.0714. The van der Waals surface area contributed by atoms with E-state index in [9.17, 15) is 9.18 Å². The van der Waals surface area contributed by atoms with Gasteiger partial charge >= 0.3 is 0 Å². The third-order valence-electron chi connectivity index (χ3n) is 2.56. The van der Waals surface area contributed by atoms with Gasteiger partial charge in [0.25, 0.3) is 5.91 Å². The lowest BCUT2D eigenvalue weighted by molar-refractivity contribution is 0.102. The first-order chi connectivity index (χ1) is 8.56. The number of halogens is 1. The van der Waals surface area contributed by atoms with Gasteiger partial charge in [-0.2, -0.15) is 0 Å². The molecule has 0 aromatic heterocycles. The van der Waals surface area contributed by atoms with Crippen LogP contribution < -0.4 is 5.32 Å². The molecule has 0 aliphatic carbocycles. The van der Waals surface area contributed by atoms with Crippen LogP contribution in [0.4, 0.5) is 10.1 Å². The zero-order valence-corrected chi connectivity index (χ0v) is 9.77. The summed E-state index contributed by atoms with van der Waals surface area (Å²) in [5.41, 5.74) is 1.29. The Morgan fingerprint density at radius 1 is 1.17 bits per heavy atom. The van der Waals surface area contributed by atoms with Crippen LogP contribution >= 0.6 is 0 Å². The summed E-state index contributed by atoms with van der Waals surface area (Å²) < 4.78 is 13.3. The normalized spacial score (nSPS) is 10.1. The fourth-order valence-corrected chi connectivity index (χ4v) is 1.48. The molecule has 3 nitrogen and oxygen atoms in total. The molecule has 0 spiro atoms. The number of hydrogen-bond acceptors (Lipinski definition) is 2. The van der Waals surface area contributed by atoms with Gasteiger partial charge in [-0.25, -0.2) is 4.39 Å². The minimum atomic E-state index is -0.409. The average Bonchev–Trinajstić information content (AvgIpc) is 2.35. The van der Waals surface area contributed by atoms with Crippen LogP contribution in [-0.4, -0.2) is 11.0 Å². The van der Waals surface area contributed by atoms with E-state index in [1.807, 2.05) is 0 Å². The number of phenolic OH excluding ortho intramolecular Hbond substituents is 1. The molecular formula is C14H12FNO2. The number of rotatable bonds is 2. The first-order valence-corrected chi connectivity index (χ1v) is 5.43. The van der Waals surface area contributed by atoms with Crippen LogP contribution in [0.3, 0.4) is 0 Å². The van der Waals surface area contributed by atoms with Crippen LogP contribution in [-0.2, 0) is 0 Å². The predicted octanol–water partition coefficient (Wildman–Crippen LogP) is 3.09. The third-order valence-corrected chi connectivity index (χ3v) is 2.56. The van der Waals surface area contributed by atoms with Gasteiger partial charge in [0.05, 0.1) is 0 Å². The second-order valence-corrected chi connectivity index (χ2v) is 3.96. The second-order valence-electron chi connectivity index (χ2n) is 3.96. The highest BCUT2D eigenvalue weighted by molar-refractivity contribution is 6.04. The van der Waals surface area contributed by atoms with E-state index in [1.165, 1.54) is 18.2 Å². The minimum absolute atomic E-state index is 0.120. The summed E-state index contributed by atoms with van der Waals surface area (Å²) in [5.74, 6) is -0.678. The molecule has 0 aliphatic heterocycles. The van der Waals surface area contributed by atoms with Crippen molar-refractivity contribution in [2.75, 3.05) is 5.32 Å². The molecule has 0 saturated carbocycles. The molecular weight excluding hydrogens is 233 g/mol. The van der Waals surface area contributed by atoms with Crippen LogP contribution in [0, 0.1) is 12.7 Å². The third kappa shape index (κ3) is 2.66. The van der Waals surface area contributed by atoms with Crippen molar-refractivity contribution in [2.45, 2.75) is 6.92 Å². The van der Waals surface area contributed by atoms with Gasteiger partial charge in [0, 0.05) is 11.3 Å². The summed E-state index contributed by atoms with van der Waals surface area (Å²) in [5, 5.41) is 11.7. The van der Waals surface area contributed by atoms with Crippen molar-refractivity contribution < 1.29 is 14.3 Å². The highest BCUT2D eigenvalue weighted by Gasteiger charge is 2.08. The Morgan fingerprint density at radius 3 is 2.44 bits per heavy atom. The van der Waals surface area contributed by atoms with Gasteiger partial charge in [0.15, 0.2) is 0 Å². The van der Waals surface area contributed by atoms with Crippen molar-refractivity contribution in [3.8, 4) is 5.75 Å². The molecule has 2 N–H and O–H groups in total. The van der Waals surface area contributed by atoms with E-state index in [0.29, 0.717) is 11.3 Å². The van der Waals surface area contributed by atoms with E-state index in [2.05, 4.69) is 5.32 Å². The second kappa shape index (κ2) is 4.87. The van der Waals surface area contributed by atoms with Gasteiger partial charge in [-0.3, -0.25) is 4.79 Å². The monoisotopic (exact) mass is 245 g/mol. The van der Waals surface area contributed by atoms with Crippen LogP contribution in [0.25, 0.3) is 0 Å². The van der Waals surface area contributed by atoms with Crippen LogP contribution in [0.1, 0.15) is 15.9 Å². The number of benzene rings is 2. The largest absolute Gasteiger partial charge is 0.508 e. The van der Waals surface area contributed by atoms with Crippen LogP contribution in [0.2, 0.25) is 0 Å². The molecule has 0 aliphatic rings. The Labute approximate surface area is 104 Å². The SMILES string of the molecule is Cc1ccc(C(=O)Nc2ccc(O)cc2)cc1F. The number of aryl methyl sites for hydroxylation is 1. The average molecular weight is 245 g/mol. The molecule has 18 heavy (non-hydrogen) atoms. The maximum atomic E-state index is 13.3.